The van der Waals surface area contributed by atoms with Gasteiger partial charge in [-0.1, -0.05) is 152 Å². The van der Waals surface area contributed by atoms with Gasteiger partial charge >= 0.3 is 0 Å². The van der Waals surface area contributed by atoms with E-state index in [4.69, 9.17) is 19.4 Å². The summed E-state index contributed by atoms with van der Waals surface area (Å²) in [6.45, 7) is 0. The van der Waals surface area contributed by atoms with Crippen molar-refractivity contribution in [3.8, 4) is 28.5 Å². The molecule has 5 nitrogen and oxygen atoms in total. The van der Waals surface area contributed by atoms with Crippen molar-refractivity contribution in [3.63, 3.8) is 0 Å². The van der Waals surface area contributed by atoms with E-state index >= 15 is 0 Å². The summed E-state index contributed by atoms with van der Waals surface area (Å²) in [6.07, 6.45) is 7.54. The Balaban J connectivity index is 0.913. The summed E-state index contributed by atoms with van der Waals surface area (Å²) in [7, 11) is 0. The van der Waals surface area contributed by atoms with Crippen molar-refractivity contribution >= 4 is 70.9 Å². The molecular formula is C53H34N4O. The third-order valence-corrected chi connectivity index (χ3v) is 11.7. The van der Waals surface area contributed by atoms with Gasteiger partial charge in [0.2, 0.25) is 0 Å². The second-order valence-electron chi connectivity index (χ2n) is 15.1. The zero-order valence-electron chi connectivity index (χ0n) is 31.4. The zero-order chi connectivity index (χ0) is 38.2. The Morgan fingerprint density at radius 1 is 0.517 bits per heavy atom. The Morgan fingerprint density at radius 3 is 2.07 bits per heavy atom. The van der Waals surface area contributed by atoms with E-state index in [1.165, 1.54) is 54.5 Å². The molecule has 58 heavy (non-hydrogen) atoms. The molecule has 1 aliphatic carbocycles. The van der Waals surface area contributed by atoms with Gasteiger partial charge in [-0.2, -0.15) is 0 Å². The summed E-state index contributed by atoms with van der Waals surface area (Å²) >= 11 is 0. The molecule has 0 saturated heterocycles. The van der Waals surface area contributed by atoms with Crippen molar-refractivity contribution in [1.82, 2.24) is 19.5 Å². The molecule has 0 aliphatic heterocycles. The topological polar surface area (TPSA) is 56.7 Å². The van der Waals surface area contributed by atoms with Crippen LogP contribution in [0.1, 0.15) is 23.7 Å². The van der Waals surface area contributed by atoms with Crippen LogP contribution in [-0.2, 0) is 0 Å². The van der Waals surface area contributed by atoms with Crippen molar-refractivity contribution in [2.45, 2.75) is 12.3 Å². The van der Waals surface area contributed by atoms with Crippen molar-refractivity contribution in [1.29, 1.82) is 0 Å². The lowest BCUT2D eigenvalue weighted by Crippen LogP contribution is -2.08. The van der Waals surface area contributed by atoms with E-state index in [9.17, 15) is 0 Å². The standard InChI is InChI=1S/C53H34N4O/c1-2-12-36(13-3-1)51-54-52(56-53(55-51)45-19-10-18-44-42-17-8-9-20-48(42)58-50(44)45)37-23-21-33(22-24-37)34-25-28-40(29-26-34)57-47-32-39-15-5-4-14-38(39)31-46(47)43-30-27-35-11-6-7-16-41(35)49(43)57/h1-23,25-32,37H,24H2. The van der Waals surface area contributed by atoms with Gasteiger partial charge in [0.1, 0.15) is 17.0 Å². The zero-order valence-corrected chi connectivity index (χ0v) is 31.4. The first kappa shape index (κ1) is 32.6. The monoisotopic (exact) mass is 742 g/mol. The summed E-state index contributed by atoms with van der Waals surface area (Å²) in [5.41, 5.74) is 9.38. The van der Waals surface area contributed by atoms with Crippen LogP contribution in [0.4, 0.5) is 0 Å². The first-order valence-electron chi connectivity index (χ1n) is 19.8. The molecule has 3 heterocycles. The molecular weight excluding hydrogens is 709 g/mol. The van der Waals surface area contributed by atoms with Crippen molar-refractivity contribution in [2.75, 3.05) is 0 Å². The molecule has 5 heteroatoms. The maximum Gasteiger partial charge on any atom is 0.167 e. The minimum Gasteiger partial charge on any atom is -0.455 e. The highest BCUT2D eigenvalue weighted by atomic mass is 16.3. The van der Waals surface area contributed by atoms with E-state index in [-0.39, 0.29) is 5.92 Å². The van der Waals surface area contributed by atoms with Crippen molar-refractivity contribution in [3.05, 3.63) is 199 Å². The second-order valence-corrected chi connectivity index (χ2v) is 15.1. The van der Waals surface area contributed by atoms with Gasteiger partial charge in [0.15, 0.2) is 11.6 Å². The number of para-hydroxylation sites is 2. The van der Waals surface area contributed by atoms with E-state index in [1.54, 1.807) is 0 Å². The smallest absolute Gasteiger partial charge is 0.167 e. The number of nitrogens with zero attached hydrogens (tertiary/aromatic N) is 4. The molecule has 0 spiro atoms. The third-order valence-electron chi connectivity index (χ3n) is 11.7. The lowest BCUT2D eigenvalue weighted by molar-refractivity contribution is 0.669. The minimum absolute atomic E-state index is 0.0113. The largest absolute Gasteiger partial charge is 0.455 e. The quantitative estimate of drug-likeness (QED) is 0.176. The van der Waals surface area contributed by atoms with Crippen LogP contribution in [-0.4, -0.2) is 19.5 Å². The maximum absolute atomic E-state index is 6.42. The summed E-state index contributed by atoms with van der Waals surface area (Å²) in [5, 5.41) is 9.62. The third kappa shape index (κ3) is 5.21. The van der Waals surface area contributed by atoms with E-state index < -0.39 is 0 Å². The molecule has 3 aromatic heterocycles. The second kappa shape index (κ2) is 13.0. The molecule has 0 fully saturated rings. The number of aromatic nitrogens is 4. The molecule has 0 N–H and O–H groups in total. The first-order chi connectivity index (χ1) is 28.7. The van der Waals surface area contributed by atoms with Crippen LogP contribution < -0.4 is 0 Å². The fourth-order valence-electron chi connectivity index (χ4n) is 8.88. The van der Waals surface area contributed by atoms with E-state index in [0.29, 0.717) is 11.6 Å². The van der Waals surface area contributed by atoms with Crippen LogP contribution in [0.25, 0.3) is 99.3 Å². The fourth-order valence-corrected chi connectivity index (χ4v) is 8.88. The molecule has 11 aromatic rings. The highest BCUT2D eigenvalue weighted by Gasteiger charge is 2.22. The van der Waals surface area contributed by atoms with E-state index in [0.717, 1.165) is 51.0 Å². The molecule has 1 unspecified atom stereocenters. The molecule has 1 atom stereocenters. The minimum atomic E-state index is -0.0113. The van der Waals surface area contributed by atoms with Crippen molar-refractivity contribution < 1.29 is 4.42 Å². The Hall–Kier alpha value is -7.63. The Kier molecular flexibility index (Phi) is 7.29. The van der Waals surface area contributed by atoms with Crippen LogP contribution in [0, 0.1) is 0 Å². The number of furan rings is 1. The number of benzene rings is 8. The average Bonchev–Trinajstić information content (AvgIpc) is 3.84. The Morgan fingerprint density at radius 2 is 1.24 bits per heavy atom. The number of rotatable bonds is 5. The molecule has 1 aliphatic rings. The number of hydrogen-bond acceptors (Lipinski definition) is 4. The average molecular weight is 743 g/mol. The van der Waals surface area contributed by atoms with Crippen LogP contribution in [0.5, 0.6) is 0 Å². The molecule has 0 radical (unpaired) electrons. The fraction of sp³-hybridized carbons (Fsp3) is 0.0377. The number of hydrogen-bond donors (Lipinski definition) is 0. The summed E-state index contributed by atoms with van der Waals surface area (Å²) in [6, 6.07) is 60.0. The summed E-state index contributed by atoms with van der Waals surface area (Å²) in [5.74, 6) is 1.99. The van der Waals surface area contributed by atoms with Gasteiger partial charge in [-0.05, 0) is 70.1 Å². The van der Waals surface area contributed by atoms with Crippen LogP contribution >= 0.6 is 0 Å². The Labute approximate surface area is 333 Å². The van der Waals surface area contributed by atoms with Gasteiger partial charge in [-0.25, -0.2) is 15.0 Å². The van der Waals surface area contributed by atoms with Crippen LogP contribution in [0.3, 0.4) is 0 Å². The lowest BCUT2D eigenvalue weighted by atomic mass is 9.92. The summed E-state index contributed by atoms with van der Waals surface area (Å²) in [4.78, 5) is 15.2. The molecule has 0 amide bonds. The molecule has 0 bridgehead atoms. The highest BCUT2D eigenvalue weighted by molar-refractivity contribution is 6.20. The first-order valence-corrected chi connectivity index (χ1v) is 19.8. The predicted molar refractivity (Wildman–Crippen MR) is 238 cm³/mol. The van der Waals surface area contributed by atoms with E-state index in [1.807, 2.05) is 54.6 Å². The van der Waals surface area contributed by atoms with Gasteiger partial charge in [0, 0.05) is 44.1 Å². The molecule has 8 aromatic carbocycles. The van der Waals surface area contributed by atoms with Gasteiger partial charge in [0.25, 0.3) is 0 Å². The summed E-state index contributed by atoms with van der Waals surface area (Å²) < 4.78 is 8.86. The van der Waals surface area contributed by atoms with Gasteiger partial charge in [-0.3, -0.25) is 0 Å². The van der Waals surface area contributed by atoms with Crippen molar-refractivity contribution in [2.24, 2.45) is 0 Å². The number of fused-ring (bicyclic) bond motifs is 9. The SMILES string of the molecule is C1=CC(c2nc(-c3ccccc3)nc(-c3cccc4c3oc3ccccc34)n2)CC=C1c1ccc(-n2c3cc4ccccc4cc3c3ccc4ccccc4c32)cc1. The van der Waals surface area contributed by atoms with Gasteiger partial charge < -0.3 is 8.98 Å². The van der Waals surface area contributed by atoms with Gasteiger partial charge in [0.05, 0.1) is 16.6 Å². The predicted octanol–water partition coefficient (Wildman–Crippen LogP) is 13.6. The molecule has 0 saturated carbocycles. The lowest BCUT2D eigenvalue weighted by Gasteiger charge is -2.17. The Bertz CT molecular complexity index is 3480. The maximum atomic E-state index is 6.42. The van der Waals surface area contributed by atoms with Gasteiger partial charge in [-0.15, -0.1) is 0 Å². The number of allylic oxidation sites excluding steroid dienone is 4. The van der Waals surface area contributed by atoms with Crippen LogP contribution in [0.15, 0.2) is 193 Å². The van der Waals surface area contributed by atoms with E-state index in [2.05, 4.69) is 138 Å². The molecule has 12 rings (SSSR count). The normalized spacial score (nSPS) is 14.3. The molecule has 272 valence electrons. The van der Waals surface area contributed by atoms with Crippen LogP contribution in [0.2, 0.25) is 0 Å². The highest BCUT2D eigenvalue weighted by Crippen LogP contribution is 2.40.